The maximum absolute atomic E-state index is 14.6. The number of anilines is 2. The maximum atomic E-state index is 14.6. The fourth-order valence-corrected chi connectivity index (χ4v) is 3.09. The Balaban J connectivity index is 2.33. The van der Waals surface area contributed by atoms with Crippen molar-refractivity contribution in [1.29, 1.82) is 0 Å². The summed E-state index contributed by atoms with van der Waals surface area (Å²) in [6.07, 6.45) is 0. The zero-order valence-corrected chi connectivity index (χ0v) is 19.0. The molecule has 0 aliphatic rings. The van der Waals surface area contributed by atoms with Crippen LogP contribution in [0.5, 0.6) is 0 Å². The second kappa shape index (κ2) is 10.5. The zero-order valence-electron chi connectivity index (χ0n) is 19.0. The molecule has 2 amide bonds. The largest absolute Gasteiger partial charge is 0.373 e. The number of rotatable bonds is 12. The van der Waals surface area contributed by atoms with Crippen LogP contribution in [0.1, 0.15) is 33.2 Å². The lowest BCUT2D eigenvalue weighted by Crippen LogP contribution is -2.50. The molecule has 0 radical (unpaired) electrons. The molecule has 0 aliphatic carbocycles. The quantitative estimate of drug-likeness (QED) is 0.182. The number of hydrogen-bond donors (Lipinski definition) is 4. The number of nitrogens with two attached hydrogens (primary N) is 2. The molecule has 198 valence electrons. The van der Waals surface area contributed by atoms with Crippen LogP contribution in [0.25, 0.3) is 5.57 Å². The first-order valence-electron chi connectivity index (χ1n) is 10.1. The van der Waals surface area contributed by atoms with Gasteiger partial charge in [0.2, 0.25) is 11.8 Å². The van der Waals surface area contributed by atoms with Crippen molar-refractivity contribution < 1.29 is 37.0 Å². The zero-order chi connectivity index (χ0) is 28.3. The molecule has 16 heteroatoms. The predicted octanol–water partition coefficient (Wildman–Crippen LogP) is 3.53. The third kappa shape index (κ3) is 6.28. The number of carbonyl (C=O) groups excluding carboxylic acids is 2. The second-order valence-corrected chi connectivity index (χ2v) is 7.79. The van der Waals surface area contributed by atoms with Gasteiger partial charge in [-0.15, -0.1) is 0 Å². The van der Waals surface area contributed by atoms with E-state index in [0.717, 1.165) is 18.2 Å². The Kier molecular flexibility index (Phi) is 8.06. The Morgan fingerprint density at radius 3 is 1.84 bits per heavy atom. The number of halogens is 4. The van der Waals surface area contributed by atoms with Crippen molar-refractivity contribution in [3.63, 3.8) is 0 Å². The van der Waals surface area contributed by atoms with Crippen LogP contribution in [0.2, 0.25) is 0 Å². The highest BCUT2D eigenvalue weighted by atomic mass is 19.3. The Labute approximate surface area is 205 Å². The van der Waals surface area contributed by atoms with Gasteiger partial charge in [-0.05, 0) is 30.7 Å². The summed E-state index contributed by atoms with van der Waals surface area (Å²) in [4.78, 5) is 43.3. The summed E-state index contributed by atoms with van der Waals surface area (Å²) < 4.78 is 58.2. The molecule has 2 aromatic carbocycles. The van der Waals surface area contributed by atoms with E-state index in [4.69, 9.17) is 11.5 Å². The molecule has 0 aliphatic heterocycles. The number of alkyl halides is 4. The molecule has 37 heavy (non-hydrogen) atoms. The van der Waals surface area contributed by atoms with Crippen LogP contribution in [-0.4, -0.2) is 46.6 Å². The van der Waals surface area contributed by atoms with Crippen LogP contribution in [0, 0.1) is 20.2 Å². The third-order valence-corrected chi connectivity index (χ3v) is 5.06. The average Bonchev–Trinajstić information content (AvgIpc) is 2.80. The minimum absolute atomic E-state index is 0.0807. The van der Waals surface area contributed by atoms with Crippen molar-refractivity contribution in [2.24, 2.45) is 11.5 Å². The lowest BCUT2D eigenvalue weighted by atomic mass is 10.0. The minimum Gasteiger partial charge on any atom is -0.373 e. The number of carbonyl (C=O) groups is 2. The van der Waals surface area contributed by atoms with Gasteiger partial charge in [0.15, 0.2) is 0 Å². The van der Waals surface area contributed by atoms with Gasteiger partial charge in [-0.3, -0.25) is 29.8 Å². The van der Waals surface area contributed by atoms with Gasteiger partial charge in [-0.25, -0.2) is 0 Å². The number of primary amides is 2. The van der Waals surface area contributed by atoms with E-state index in [2.05, 4.69) is 6.58 Å². The SMILES string of the molecule is C=C(C)c1cc(C(N)=O)cc([N+](=O)[O-])c1NCC(F)(F)C(F)(F)CNc1ccc(C(N)=O)cc1[N+](=O)[O-]. The number of nitro benzene ring substituents is 2. The van der Waals surface area contributed by atoms with Crippen molar-refractivity contribution in [2.45, 2.75) is 18.8 Å². The molecule has 0 heterocycles. The van der Waals surface area contributed by atoms with E-state index in [-0.39, 0.29) is 22.3 Å². The first kappa shape index (κ1) is 28.5. The lowest BCUT2D eigenvalue weighted by Gasteiger charge is -2.28. The van der Waals surface area contributed by atoms with Crippen LogP contribution < -0.4 is 22.1 Å². The third-order valence-electron chi connectivity index (χ3n) is 5.06. The number of nitrogens with zero attached hydrogens (tertiary/aromatic N) is 2. The number of amides is 2. The highest BCUT2D eigenvalue weighted by Crippen LogP contribution is 2.39. The van der Waals surface area contributed by atoms with Crippen LogP contribution in [-0.2, 0) is 0 Å². The fraction of sp³-hybridized carbons (Fsp3) is 0.238. The molecular weight excluding hydrogens is 508 g/mol. The van der Waals surface area contributed by atoms with E-state index < -0.39 is 69.3 Å². The topological polar surface area (TPSA) is 197 Å². The van der Waals surface area contributed by atoms with E-state index in [1.165, 1.54) is 6.92 Å². The van der Waals surface area contributed by atoms with Gasteiger partial charge in [0.1, 0.15) is 11.4 Å². The van der Waals surface area contributed by atoms with Crippen molar-refractivity contribution in [1.82, 2.24) is 0 Å². The smallest absolute Gasteiger partial charge is 0.328 e. The van der Waals surface area contributed by atoms with Crippen LogP contribution in [0.15, 0.2) is 36.9 Å². The average molecular weight is 528 g/mol. The van der Waals surface area contributed by atoms with Gasteiger partial charge in [-0.2, -0.15) is 17.6 Å². The molecular formula is C21H20F4N6O6. The Morgan fingerprint density at radius 2 is 1.38 bits per heavy atom. The lowest BCUT2D eigenvalue weighted by molar-refractivity contribution is -0.384. The van der Waals surface area contributed by atoms with E-state index in [1.54, 1.807) is 0 Å². The van der Waals surface area contributed by atoms with Crippen molar-refractivity contribution >= 4 is 40.1 Å². The number of hydrogen-bond acceptors (Lipinski definition) is 8. The standard InChI is InChI=1S/C21H20F4N6O6/c1-10(2)13-5-12(19(27)33)7-16(31(36)37)17(13)29-9-21(24,25)20(22,23)8-28-14-4-3-11(18(26)32)6-15(14)30(34)35/h3-7,28-29H,1,8-9H2,2H3,(H2,26,32)(H2,27,33). The van der Waals surface area contributed by atoms with E-state index >= 15 is 0 Å². The van der Waals surface area contributed by atoms with Gasteiger partial charge in [0.25, 0.3) is 11.4 Å². The van der Waals surface area contributed by atoms with Crippen molar-refractivity contribution in [2.75, 3.05) is 23.7 Å². The summed E-state index contributed by atoms with van der Waals surface area (Å²) in [7, 11) is 0. The van der Waals surface area contributed by atoms with Crippen LogP contribution >= 0.6 is 0 Å². The molecule has 0 spiro atoms. The van der Waals surface area contributed by atoms with Gasteiger partial charge >= 0.3 is 11.8 Å². The molecule has 0 saturated carbocycles. The second-order valence-electron chi connectivity index (χ2n) is 7.79. The van der Waals surface area contributed by atoms with Crippen LogP contribution in [0.3, 0.4) is 0 Å². The number of allylic oxidation sites excluding steroid dienone is 1. The van der Waals surface area contributed by atoms with Gasteiger partial charge in [0, 0.05) is 28.8 Å². The van der Waals surface area contributed by atoms with Crippen LogP contribution in [0.4, 0.5) is 40.3 Å². The van der Waals surface area contributed by atoms with Crippen molar-refractivity contribution in [3.05, 3.63) is 73.8 Å². The van der Waals surface area contributed by atoms with Gasteiger partial charge < -0.3 is 22.1 Å². The highest BCUT2D eigenvalue weighted by Gasteiger charge is 2.56. The fourth-order valence-electron chi connectivity index (χ4n) is 3.09. The van der Waals surface area contributed by atoms with E-state index in [9.17, 15) is 47.4 Å². The Hall–Kier alpha value is -4.76. The first-order chi connectivity index (χ1) is 17.0. The molecule has 12 nitrogen and oxygen atoms in total. The van der Waals surface area contributed by atoms with Gasteiger partial charge in [-0.1, -0.05) is 6.58 Å². The molecule has 0 aromatic heterocycles. The summed E-state index contributed by atoms with van der Waals surface area (Å²) in [5.74, 6) is -11.8. The molecule has 0 fully saturated rings. The molecule has 2 aromatic rings. The predicted molar refractivity (Wildman–Crippen MR) is 125 cm³/mol. The number of benzene rings is 2. The molecule has 0 atom stereocenters. The summed E-state index contributed by atoms with van der Waals surface area (Å²) in [5, 5.41) is 26.4. The summed E-state index contributed by atoms with van der Waals surface area (Å²) in [6, 6.07) is 4.25. The maximum Gasteiger partial charge on any atom is 0.328 e. The minimum atomic E-state index is -4.84. The molecule has 0 saturated heterocycles. The highest BCUT2D eigenvalue weighted by molar-refractivity contribution is 5.97. The normalized spacial score (nSPS) is 11.5. The summed E-state index contributed by atoms with van der Waals surface area (Å²) >= 11 is 0. The molecule has 0 unspecified atom stereocenters. The van der Waals surface area contributed by atoms with E-state index in [1.807, 2.05) is 10.6 Å². The monoisotopic (exact) mass is 528 g/mol. The van der Waals surface area contributed by atoms with Gasteiger partial charge in [0.05, 0.1) is 22.9 Å². The number of nitrogens with one attached hydrogen (secondary N) is 2. The molecule has 2 rings (SSSR count). The molecule has 6 N–H and O–H groups in total. The Morgan fingerprint density at radius 1 is 0.892 bits per heavy atom. The summed E-state index contributed by atoms with van der Waals surface area (Å²) in [5.41, 5.74) is 6.50. The van der Waals surface area contributed by atoms with E-state index in [0.29, 0.717) is 12.1 Å². The molecule has 0 bridgehead atoms. The Bertz CT molecular complexity index is 1270. The number of nitro groups is 2. The first-order valence-corrected chi connectivity index (χ1v) is 10.1. The summed E-state index contributed by atoms with van der Waals surface area (Å²) in [6.45, 7) is 1.29. The van der Waals surface area contributed by atoms with Crippen molar-refractivity contribution in [3.8, 4) is 0 Å².